The highest BCUT2D eigenvalue weighted by Gasteiger charge is 2.18. The molecule has 0 saturated carbocycles. The minimum atomic E-state index is -3.07. The van der Waals surface area contributed by atoms with Crippen LogP contribution in [0.2, 0.25) is 0 Å². The summed E-state index contributed by atoms with van der Waals surface area (Å²) in [6.45, 7) is 4.35. The third-order valence-electron chi connectivity index (χ3n) is 3.14. The molecule has 0 radical (unpaired) electrons. The van der Waals surface area contributed by atoms with Crippen molar-refractivity contribution in [2.24, 2.45) is 5.73 Å². The van der Waals surface area contributed by atoms with E-state index in [2.05, 4.69) is 0 Å². The van der Waals surface area contributed by atoms with E-state index in [1.54, 1.807) is 13.8 Å². The highest BCUT2D eigenvalue weighted by molar-refractivity contribution is 7.92. The fourth-order valence-corrected chi connectivity index (χ4v) is 2.68. The average Bonchev–Trinajstić information content (AvgIpc) is 2.39. The topological polar surface area (TPSA) is 87.2 Å². The molecule has 0 amide bonds. The van der Waals surface area contributed by atoms with Crippen LogP contribution in [0.5, 0.6) is 0 Å². The number of nitrogens with two attached hydrogens (primary N) is 1. The molecule has 0 aromatic heterocycles. The van der Waals surface area contributed by atoms with Gasteiger partial charge in [0.2, 0.25) is 0 Å². The van der Waals surface area contributed by atoms with Crippen LogP contribution in [0, 0.1) is 5.41 Å². The molecule has 0 aliphatic carbocycles. The van der Waals surface area contributed by atoms with Gasteiger partial charge in [-0.2, -0.15) is 0 Å². The van der Waals surface area contributed by atoms with Gasteiger partial charge in [0.15, 0.2) is 9.84 Å². The van der Waals surface area contributed by atoms with Crippen molar-refractivity contribution >= 4 is 21.4 Å². The molecule has 5 nitrogen and oxygen atoms in total. The lowest BCUT2D eigenvalue weighted by atomic mass is 10.2. The maximum Gasteiger partial charge on any atom is 0.154 e. The molecule has 0 bridgehead atoms. The van der Waals surface area contributed by atoms with E-state index in [4.69, 9.17) is 11.1 Å². The Balaban J connectivity index is 2.76. The molecule has 112 valence electrons. The van der Waals surface area contributed by atoms with E-state index in [-0.39, 0.29) is 16.8 Å². The quantitative estimate of drug-likeness (QED) is 0.564. The van der Waals surface area contributed by atoms with Crippen molar-refractivity contribution in [2.75, 3.05) is 23.7 Å². The number of benzene rings is 1. The van der Waals surface area contributed by atoms with Crippen LogP contribution in [0.15, 0.2) is 30.3 Å². The molecular weight excluding hydrogens is 274 g/mol. The fraction of sp³-hybridized carbons (Fsp3) is 0.500. The average molecular weight is 297 g/mol. The number of sulfone groups is 1. The first-order valence-electron chi connectivity index (χ1n) is 6.67. The summed E-state index contributed by atoms with van der Waals surface area (Å²) in [6, 6.07) is 9.60. The van der Waals surface area contributed by atoms with Gasteiger partial charge in [0.05, 0.1) is 16.8 Å². The van der Waals surface area contributed by atoms with Crippen molar-refractivity contribution in [1.82, 2.24) is 0 Å². The summed E-state index contributed by atoms with van der Waals surface area (Å²) in [6.07, 6.45) is 0.427. The number of anilines is 1. The Kier molecular flexibility index (Phi) is 6.01. The molecular formula is C14H23N3O2S. The summed E-state index contributed by atoms with van der Waals surface area (Å²) in [4.78, 5) is 1.96. The van der Waals surface area contributed by atoms with Gasteiger partial charge in [0.25, 0.3) is 0 Å². The van der Waals surface area contributed by atoms with Crippen molar-refractivity contribution < 1.29 is 8.42 Å². The number of para-hydroxylation sites is 1. The van der Waals surface area contributed by atoms with Gasteiger partial charge >= 0.3 is 0 Å². The Bertz CT molecular complexity index is 527. The SMILES string of the molecule is CC(C)S(=O)(=O)CCN(CCC(=N)N)c1ccccc1. The van der Waals surface area contributed by atoms with Crippen LogP contribution in [-0.4, -0.2) is 38.3 Å². The van der Waals surface area contributed by atoms with Crippen LogP contribution in [0.1, 0.15) is 20.3 Å². The number of hydrogen-bond acceptors (Lipinski definition) is 4. The lowest BCUT2D eigenvalue weighted by Crippen LogP contribution is -2.34. The van der Waals surface area contributed by atoms with E-state index in [0.717, 1.165) is 5.69 Å². The summed E-state index contributed by atoms with van der Waals surface area (Å²) < 4.78 is 23.8. The molecule has 1 rings (SSSR count). The fourth-order valence-electron chi connectivity index (χ4n) is 1.74. The van der Waals surface area contributed by atoms with Gasteiger partial charge in [0.1, 0.15) is 0 Å². The van der Waals surface area contributed by atoms with E-state index < -0.39 is 9.84 Å². The third kappa shape index (κ3) is 5.21. The first-order valence-corrected chi connectivity index (χ1v) is 8.39. The van der Waals surface area contributed by atoms with Gasteiger partial charge in [-0.05, 0) is 26.0 Å². The van der Waals surface area contributed by atoms with Gasteiger partial charge in [-0.3, -0.25) is 5.41 Å². The second-order valence-electron chi connectivity index (χ2n) is 5.01. The monoisotopic (exact) mass is 297 g/mol. The molecule has 0 unspecified atom stereocenters. The van der Waals surface area contributed by atoms with Crippen molar-refractivity contribution in [2.45, 2.75) is 25.5 Å². The molecule has 1 aromatic carbocycles. The largest absolute Gasteiger partial charge is 0.388 e. The summed E-state index contributed by atoms with van der Waals surface area (Å²) in [5.74, 6) is 0.218. The zero-order chi connectivity index (χ0) is 15.2. The number of rotatable bonds is 8. The van der Waals surface area contributed by atoms with E-state index in [1.165, 1.54) is 0 Å². The molecule has 20 heavy (non-hydrogen) atoms. The highest BCUT2D eigenvalue weighted by atomic mass is 32.2. The number of amidine groups is 1. The number of nitrogens with one attached hydrogen (secondary N) is 1. The minimum absolute atomic E-state index is 0.109. The second kappa shape index (κ2) is 7.28. The Labute approximate surface area is 121 Å². The van der Waals surface area contributed by atoms with Crippen molar-refractivity contribution in [1.29, 1.82) is 5.41 Å². The normalized spacial score (nSPS) is 11.6. The smallest absolute Gasteiger partial charge is 0.154 e. The molecule has 0 heterocycles. The maximum absolute atomic E-state index is 11.9. The molecule has 3 N–H and O–H groups in total. The predicted octanol–water partition coefficient (Wildman–Crippen LogP) is 1.64. The molecule has 0 aliphatic heterocycles. The van der Waals surface area contributed by atoms with E-state index in [1.807, 2.05) is 35.2 Å². The number of hydrogen-bond donors (Lipinski definition) is 2. The van der Waals surface area contributed by atoms with Crippen LogP contribution in [-0.2, 0) is 9.84 Å². The van der Waals surface area contributed by atoms with E-state index >= 15 is 0 Å². The molecule has 0 saturated heterocycles. The molecule has 0 atom stereocenters. The van der Waals surface area contributed by atoms with Crippen LogP contribution >= 0.6 is 0 Å². The van der Waals surface area contributed by atoms with Gasteiger partial charge < -0.3 is 10.6 Å². The Hall–Kier alpha value is -1.56. The first-order chi connectivity index (χ1) is 9.33. The zero-order valence-corrected chi connectivity index (χ0v) is 12.9. The van der Waals surface area contributed by atoms with Crippen molar-refractivity contribution in [3.63, 3.8) is 0 Å². The lowest BCUT2D eigenvalue weighted by Gasteiger charge is -2.25. The molecule has 0 fully saturated rings. The summed E-state index contributed by atoms with van der Waals surface area (Å²) in [7, 11) is -3.07. The second-order valence-corrected chi connectivity index (χ2v) is 7.69. The predicted molar refractivity (Wildman–Crippen MR) is 84.1 cm³/mol. The van der Waals surface area contributed by atoms with Crippen LogP contribution in [0.25, 0.3) is 0 Å². The highest BCUT2D eigenvalue weighted by Crippen LogP contribution is 2.14. The maximum atomic E-state index is 11.9. The van der Waals surface area contributed by atoms with E-state index in [9.17, 15) is 8.42 Å². The van der Waals surface area contributed by atoms with Gasteiger partial charge in [0, 0.05) is 25.2 Å². The summed E-state index contributed by atoms with van der Waals surface area (Å²) in [5, 5.41) is 6.94. The molecule has 1 aromatic rings. The Morgan fingerprint density at radius 2 is 1.85 bits per heavy atom. The van der Waals surface area contributed by atoms with Crippen LogP contribution < -0.4 is 10.6 Å². The third-order valence-corrected chi connectivity index (χ3v) is 5.32. The zero-order valence-electron chi connectivity index (χ0n) is 12.0. The molecule has 6 heteroatoms. The number of nitrogens with zero attached hydrogens (tertiary/aromatic N) is 1. The standard InChI is InChI=1S/C14H23N3O2S/c1-12(2)20(18,19)11-10-17(9-8-14(15)16)13-6-4-3-5-7-13/h3-7,12H,8-11H2,1-2H3,(H3,15,16). The first kappa shape index (κ1) is 16.5. The lowest BCUT2D eigenvalue weighted by molar-refractivity contribution is 0.586. The van der Waals surface area contributed by atoms with Gasteiger partial charge in [-0.25, -0.2) is 8.42 Å². The van der Waals surface area contributed by atoms with Gasteiger partial charge in [-0.15, -0.1) is 0 Å². The Morgan fingerprint density at radius 1 is 1.25 bits per heavy atom. The Morgan fingerprint density at radius 3 is 2.35 bits per heavy atom. The van der Waals surface area contributed by atoms with Gasteiger partial charge in [-0.1, -0.05) is 18.2 Å². The van der Waals surface area contributed by atoms with Crippen molar-refractivity contribution in [3.05, 3.63) is 30.3 Å². The van der Waals surface area contributed by atoms with Crippen molar-refractivity contribution in [3.8, 4) is 0 Å². The molecule has 0 spiro atoms. The summed E-state index contributed by atoms with van der Waals surface area (Å²) in [5.41, 5.74) is 6.34. The van der Waals surface area contributed by atoms with Crippen LogP contribution in [0.4, 0.5) is 5.69 Å². The minimum Gasteiger partial charge on any atom is -0.388 e. The van der Waals surface area contributed by atoms with E-state index in [0.29, 0.717) is 19.5 Å². The van der Waals surface area contributed by atoms with Crippen LogP contribution in [0.3, 0.4) is 0 Å². The molecule has 0 aliphatic rings. The summed E-state index contributed by atoms with van der Waals surface area (Å²) >= 11 is 0.